The van der Waals surface area contributed by atoms with Crippen LogP contribution < -0.4 is 0 Å². The summed E-state index contributed by atoms with van der Waals surface area (Å²) in [7, 11) is 0. The van der Waals surface area contributed by atoms with Crippen molar-refractivity contribution in [3.8, 4) is 0 Å². The Balaban J connectivity index is 1.95. The van der Waals surface area contributed by atoms with Gasteiger partial charge in [0.15, 0.2) is 0 Å². The summed E-state index contributed by atoms with van der Waals surface area (Å²) in [4.78, 5) is 16.5. The molecule has 1 unspecified atom stereocenters. The summed E-state index contributed by atoms with van der Waals surface area (Å²) in [6.07, 6.45) is 9.27. The van der Waals surface area contributed by atoms with Crippen molar-refractivity contribution < 1.29 is 14.6 Å². The summed E-state index contributed by atoms with van der Waals surface area (Å²) in [5, 5.41) is 9.34. The zero-order chi connectivity index (χ0) is 16.9. The van der Waals surface area contributed by atoms with E-state index in [-0.39, 0.29) is 18.7 Å². The van der Waals surface area contributed by atoms with E-state index < -0.39 is 5.60 Å². The Hall–Kier alpha value is -1.33. The minimum atomic E-state index is -0.490. The number of nitrogens with zero attached hydrogens (tertiary/aromatic N) is 2. The molecule has 0 aromatic rings. The predicted molar refractivity (Wildman–Crippen MR) is 91.3 cm³/mol. The van der Waals surface area contributed by atoms with Gasteiger partial charge in [0.05, 0.1) is 0 Å². The predicted octanol–water partition coefficient (Wildman–Crippen LogP) is 2.57. The van der Waals surface area contributed by atoms with E-state index in [2.05, 4.69) is 23.1 Å². The molecule has 1 saturated heterocycles. The summed E-state index contributed by atoms with van der Waals surface area (Å²) >= 11 is 0. The first kappa shape index (κ1) is 18.0. The monoisotopic (exact) mass is 322 g/mol. The fourth-order valence-corrected chi connectivity index (χ4v) is 3.06. The summed E-state index contributed by atoms with van der Waals surface area (Å²) in [5.41, 5.74) is 0.861. The SMILES string of the molecule is CC(C)(C)OC(=O)N1CCN(CC2=CCCC=C2)CC1CCO. The van der Waals surface area contributed by atoms with Crippen LogP contribution >= 0.6 is 0 Å². The van der Waals surface area contributed by atoms with Gasteiger partial charge in [0.1, 0.15) is 5.60 Å². The van der Waals surface area contributed by atoms with E-state index in [1.165, 1.54) is 5.57 Å². The molecule has 5 nitrogen and oxygen atoms in total. The number of rotatable bonds is 4. The molecule has 0 spiro atoms. The summed E-state index contributed by atoms with van der Waals surface area (Å²) in [6.45, 7) is 8.91. The summed E-state index contributed by atoms with van der Waals surface area (Å²) < 4.78 is 5.50. The maximum absolute atomic E-state index is 12.4. The van der Waals surface area contributed by atoms with Crippen LogP contribution in [0.25, 0.3) is 0 Å². The highest BCUT2D eigenvalue weighted by Gasteiger charge is 2.33. The van der Waals surface area contributed by atoms with E-state index in [0.29, 0.717) is 13.0 Å². The van der Waals surface area contributed by atoms with Crippen molar-refractivity contribution in [3.63, 3.8) is 0 Å². The van der Waals surface area contributed by atoms with Crippen molar-refractivity contribution in [1.82, 2.24) is 9.80 Å². The van der Waals surface area contributed by atoms with E-state index in [1.807, 2.05) is 20.8 Å². The minimum absolute atomic E-state index is 0.0109. The number of aliphatic hydroxyl groups is 1. The van der Waals surface area contributed by atoms with Gasteiger partial charge in [-0.15, -0.1) is 0 Å². The number of ether oxygens (including phenoxy) is 1. The third-order valence-corrected chi connectivity index (χ3v) is 4.14. The summed E-state index contributed by atoms with van der Waals surface area (Å²) in [6, 6.07) is 0.0109. The van der Waals surface area contributed by atoms with Crippen LogP contribution in [0.2, 0.25) is 0 Å². The maximum atomic E-state index is 12.4. The number of aliphatic hydroxyl groups excluding tert-OH is 1. The molecule has 2 rings (SSSR count). The lowest BCUT2D eigenvalue weighted by Gasteiger charge is -2.41. The first-order valence-corrected chi connectivity index (χ1v) is 8.57. The fraction of sp³-hybridized carbons (Fsp3) is 0.722. The van der Waals surface area contributed by atoms with Gasteiger partial charge in [-0.1, -0.05) is 18.2 Å². The van der Waals surface area contributed by atoms with Crippen LogP contribution in [0.5, 0.6) is 0 Å². The molecular formula is C18H30N2O3. The van der Waals surface area contributed by atoms with Crippen LogP contribution in [0.1, 0.15) is 40.0 Å². The van der Waals surface area contributed by atoms with Crippen molar-refractivity contribution in [2.75, 3.05) is 32.8 Å². The first-order chi connectivity index (χ1) is 10.9. The first-order valence-electron chi connectivity index (χ1n) is 8.57. The fourth-order valence-electron chi connectivity index (χ4n) is 3.06. The highest BCUT2D eigenvalue weighted by Crippen LogP contribution is 2.19. The quantitative estimate of drug-likeness (QED) is 0.864. The van der Waals surface area contributed by atoms with Crippen LogP contribution in [0.4, 0.5) is 4.79 Å². The Labute approximate surface area is 139 Å². The third-order valence-electron chi connectivity index (χ3n) is 4.14. The zero-order valence-corrected chi connectivity index (χ0v) is 14.6. The number of allylic oxidation sites excluding steroid dienone is 2. The molecule has 1 amide bonds. The van der Waals surface area contributed by atoms with Gasteiger partial charge in [0, 0.05) is 38.8 Å². The molecule has 1 aliphatic carbocycles. The lowest BCUT2D eigenvalue weighted by Crippen LogP contribution is -2.56. The van der Waals surface area contributed by atoms with E-state index >= 15 is 0 Å². The van der Waals surface area contributed by atoms with Gasteiger partial charge < -0.3 is 14.7 Å². The van der Waals surface area contributed by atoms with Crippen LogP contribution in [-0.4, -0.2) is 65.4 Å². The number of hydrogen-bond acceptors (Lipinski definition) is 4. The molecule has 1 fully saturated rings. The minimum Gasteiger partial charge on any atom is -0.444 e. The Morgan fingerprint density at radius 3 is 2.74 bits per heavy atom. The molecule has 0 saturated carbocycles. The van der Waals surface area contributed by atoms with Gasteiger partial charge in [0.25, 0.3) is 0 Å². The molecule has 130 valence electrons. The second-order valence-corrected chi connectivity index (χ2v) is 7.33. The zero-order valence-electron chi connectivity index (χ0n) is 14.6. The highest BCUT2D eigenvalue weighted by atomic mass is 16.6. The Morgan fingerprint density at radius 2 is 2.13 bits per heavy atom. The average molecular weight is 322 g/mol. The second kappa shape index (κ2) is 7.97. The number of piperazine rings is 1. The number of amides is 1. The van der Waals surface area contributed by atoms with Crippen molar-refractivity contribution >= 4 is 6.09 Å². The van der Waals surface area contributed by atoms with E-state index in [9.17, 15) is 9.90 Å². The van der Waals surface area contributed by atoms with Crippen LogP contribution in [0, 0.1) is 0 Å². The average Bonchev–Trinajstić information content (AvgIpc) is 2.47. The standard InChI is InChI=1S/C18H30N2O3/c1-18(2,3)23-17(22)20-11-10-19(14-16(20)9-12-21)13-15-7-5-4-6-8-15/h5,7-8,16,21H,4,6,9-14H2,1-3H3. The van der Waals surface area contributed by atoms with Gasteiger partial charge in [-0.25, -0.2) is 4.79 Å². The normalized spacial score (nSPS) is 22.9. The van der Waals surface area contributed by atoms with E-state index in [0.717, 1.165) is 32.5 Å². The molecule has 1 atom stereocenters. The van der Waals surface area contributed by atoms with E-state index in [4.69, 9.17) is 4.74 Å². The molecule has 1 heterocycles. The molecule has 23 heavy (non-hydrogen) atoms. The lowest BCUT2D eigenvalue weighted by atomic mass is 10.0. The molecule has 0 bridgehead atoms. The Morgan fingerprint density at radius 1 is 1.35 bits per heavy atom. The van der Waals surface area contributed by atoms with Crippen molar-refractivity contribution in [2.45, 2.75) is 51.7 Å². The van der Waals surface area contributed by atoms with Crippen LogP contribution in [0.15, 0.2) is 23.8 Å². The van der Waals surface area contributed by atoms with Crippen molar-refractivity contribution in [1.29, 1.82) is 0 Å². The smallest absolute Gasteiger partial charge is 0.410 e. The van der Waals surface area contributed by atoms with Crippen molar-refractivity contribution in [3.05, 3.63) is 23.8 Å². The van der Waals surface area contributed by atoms with Crippen LogP contribution in [0.3, 0.4) is 0 Å². The molecule has 1 aliphatic heterocycles. The van der Waals surface area contributed by atoms with Gasteiger partial charge in [-0.05, 0) is 45.6 Å². The number of hydrogen-bond donors (Lipinski definition) is 1. The summed E-state index contributed by atoms with van der Waals surface area (Å²) in [5.74, 6) is 0. The highest BCUT2D eigenvalue weighted by molar-refractivity contribution is 5.68. The molecule has 2 aliphatic rings. The van der Waals surface area contributed by atoms with Gasteiger partial charge >= 0.3 is 6.09 Å². The number of carbonyl (C=O) groups excluding carboxylic acids is 1. The van der Waals surface area contributed by atoms with E-state index in [1.54, 1.807) is 4.90 Å². The Bertz CT molecular complexity index is 465. The molecule has 0 aromatic carbocycles. The maximum Gasteiger partial charge on any atom is 0.410 e. The third kappa shape index (κ3) is 5.66. The lowest BCUT2D eigenvalue weighted by molar-refractivity contribution is -0.00381. The van der Waals surface area contributed by atoms with Gasteiger partial charge in [-0.3, -0.25) is 4.90 Å². The Kier molecular flexibility index (Phi) is 6.25. The number of carbonyl (C=O) groups is 1. The topological polar surface area (TPSA) is 53.0 Å². The largest absolute Gasteiger partial charge is 0.444 e. The molecule has 1 N–H and O–H groups in total. The van der Waals surface area contributed by atoms with Gasteiger partial charge in [0.2, 0.25) is 0 Å². The van der Waals surface area contributed by atoms with Crippen LogP contribution in [-0.2, 0) is 4.74 Å². The molecule has 5 heteroatoms. The molecular weight excluding hydrogens is 292 g/mol. The second-order valence-electron chi connectivity index (χ2n) is 7.33. The van der Waals surface area contributed by atoms with Gasteiger partial charge in [-0.2, -0.15) is 0 Å². The molecule has 0 radical (unpaired) electrons. The van der Waals surface area contributed by atoms with Crippen molar-refractivity contribution in [2.24, 2.45) is 0 Å². The molecule has 0 aromatic heterocycles.